The van der Waals surface area contributed by atoms with Crippen LogP contribution in [0.3, 0.4) is 0 Å². The first-order chi connectivity index (χ1) is 8.07. The van der Waals surface area contributed by atoms with Crippen LogP contribution in [0.1, 0.15) is 40.0 Å². The van der Waals surface area contributed by atoms with E-state index in [9.17, 15) is 0 Å². The number of nitrogens with zero attached hydrogens (tertiary/aromatic N) is 1. The molecule has 0 atom stereocenters. The minimum absolute atomic E-state index is 0.286. The van der Waals surface area contributed by atoms with Gasteiger partial charge < -0.3 is 15.0 Å². The lowest BCUT2D eigenvalue weighted by molar-refractivity contribution is 0.0989. The van der Waals surface area contributed by atoms with Gasteiger partial charge in [-0.05, 0) is 52.1 Å². The highest BCUT2D eigenvalue weighted by Crippen LogP contribution is 2.16. The second-order valence-corrected chi connectivity index (χ2v) is 5.90. The Hall–Kier alpha value is -0.120. The SMILES string of the molecule is CCC(C)(C)NCCN1CCC(COC)CC1. The molecule has 1 saturated heterocycles. The van der Waals surface area contributed by atoms with E-state index in [1.54, 1.807) is 0 Å². The van der Waals surface area contributed by atoms with E-state index in [0.29, 0.717) is 0 Å². The Morgan fingerprint density at radius 1 is 1.29 bits per heavy atom. The molecule has 1 N–H and O–H groups in total. The predicted octanol–water partition coefficient (Wildman–Crippen LogP) is 2.12. The van der Waals surface area contributed by atoms with Gasteiger partial charge in [0.05, 0.1) is 0 Å². The van der Waals surface area contributed by atoms with Crippen LogP contribution < -0.4 is 5.32 Å². The predicted molar refractivity (Wildman–Crippen MR) is 73.4 cm³/mol. The van der Waals surface area contributed by atoms with Crippen LogP contribution in [0.25, 0.3) is 0 Å². The van der Waals surface area contributed by atoms with Gasteiger partial charge in [0.25, 0.3) is 0 Å². The summed E-state index contributed by atoms with van der Waals surface area (Å²) in [5.41, 5.74) is 0.286. The number of nitrogens with one attached hydrogen (secondary N) is 1. The average molecular weight is 242 g/mol. The topological polar surface area (TPSA) is 24.5 Å². The van der Waals surface area contributed by atoms with Gasteiger partial charge in [0.2, 0.25) is 0 Å². The highest BCUT2D eigenvalue weighted by Gasteiger charge is 2.19. The Morgan fingerprint density at radius 2 is 1.94 bits per heavy atom. The first-order valence-electron chi connectivity index (χ1n) is 7.03. The van der Waals surface area contributed by atoms with Crippen LogP contribution >= 0.6 is 0 Å². The molecule has 0 spiro atoms. The van der Waals surface area contributed by atoms with Crippen molar-refractivity contribution in [3.05, 3.63) is 0 Å². The fraction of sp³-hybridized carbons (Fsp3) is 1.00. The minimum Gasteiger partial charge on any atom is -0.384 e. The van der Waals surface area contributed by atoms with Gasteiger partial charge in [0.1, 0.15) is 0 Å². The fourth-order valence-electron chi connectivity index (χ4n) is 2.29. The minimum atomic E-state index is 0.286. The van der Waals surface area contributed by atoms with Crippen LogP contribution in [-0.2, 0) is 4.74 Å². The maximum Gasteiger partial charge on any atom is 0.0491 e. The van der Waals surface area contributed by atoms with Gasteiger partial charge in [-0.25, -0.2) is 0 Å². The number of methoxy groups -OCH3 is 1. The number of hydrogen-bond donors (Lipinski definition) is 1. The zero-order chi connectivity index (χ0) is 12.7. The van der Waals surface area contributed by atoms with Crippen molar-refractivity contribution in [2.24, 2.45) is 5.92 Å². The molecule has 0 aliphatic carbocycles. The number of likely N-dealkylation sites (tertiary alicyclic amines) is 1. The number of hydrogen-bond acceptors (Lipinski definition) is 3. The molecule has 0 amide bonds. The molecule has 1 heterocycles. The molecule has 0 unspecified atom stereocenters. The molecule has 0 saturated carbocycles. The van der Waals surface area contributed by atoms with Crippen molar-refractivity contribution < 1.29 is 4.74 Å². The van der Waals surface area contributed by atoms with Gasteiger partial charge in [0, 0.05) is 32.3 Å². The summed E-state index contributed by atoms with van der Waals surface area (Å²) in [6.45, 7) is 12.5. The van der Waals surface area contributed by atoms with E-state index in [0.717, 1.165) is 19.1 Å². The van der Waals surface area contributed by atoms with Gasteiger partial charge >= 0.3 is 0 Å². The van der Waals surface area contributed by atoms with E-state index in [1.165, 1.54) is 38.9 Å². The van der Waals surface area contributed by atoms with Crippen LogP contribution in [0.2, 0.25) is 0 Å². The van der Waals surface area contributed by atoms with Crippen LogP contribution in [0.15, 0.2) is 0 Å². The zero-order valence-corrected chi connectivity index (χ0v) is 12.1. The van der Waals surface area contributed by atoms with E-state index < -0.39 is 0 Å². The quantitative estimate of drug-likeness (QED) is 0.740. The Balaban J connectivity index is 2.10. The summed E-state index contributed by atoms with van der Waals surface area (Å²) in [6, 6.07) is 0. The standard InChI is InChI=1S/C14H30N2O/c1-5-14(2,3)15-8-11-16-9-6-13(7-10-16)12-17-4/h13,15H,5-12H2,1-4H3. The first-order valence-corrected chi connectivity index (χ1v) is 7.03. The lowest BCUT2D eigenvalue weighted by Crippen LogP contribution is -2.45. The average Bonchev–Trinajstić information content (AvgIpc) is 2.32. The van der Waals surface area contributed by atoms with Gasteiger partial charge in [-0.1, -0.05) is 6.92 Å². The van der Waals surface area contributed by atoms with E-state index >= 15 is 0 Å². The van der Waals surface area contributed by atoms with Crippen molar-refractivity contribution in [2.45, 2.75) is 45.6 Å². The number of rotatable bonds is 7. The molecule has 0 aromatic heterocycles. The second-order valence-electron chi connectivity index (χ2n) is 5.90. The van der Waals surface area contributed by atoms with Gasteiger partial charge in [-0.2, -0.15) is 0 Å². The number of ether oxygens (including phenoxy) is 1. The number of piperidine rings is 1. The third-order valence-electron chi connectivity index (χ3n) is 4.02. The van der Waals surface area contributed by atoms with Crippen molar-refractivity contribution in [3.8, 4) is 0 Å². The van der Waals surface area contributed by atoms with E-state index in [4.69, 9.17) is 4.74 Å². The highest BCUT2D eigenvalue weighted by atomic mass is 16.5. The smallest absolute Gasteiger partial charge is 0.0491 e. The monoisotopic (exact) mass is 242 g/mol. The van der Waals surface area contributed by atoms with Crippen molar-refractivity contribution in [3.63, 3.8) is 0 Å². The Morgan fingerprint density at radius 3 is 2.47 bits per heavy atom. The molecule has 3 nitrogen and oxygen atoms in total. The molecule has 17 heavy (non-hydrogen) atoms. The van der Waals surface area contributed by atoms with E-state index in [2.05, 4.69) is 31.0 Å². The first kappa shape index (κ1) is 14.9. The Bertz CT molecular complexity index is 198. The zero-order valence-electron chi connectivity index (χ0n) is 12.1. The molecule has 3 heteroatoms. The maximum atomic E-state index is 5.23. The maximum absolute atomic E-state index is 5.23. The Labute approximate surface area is 107 Å². The summed E-state index contributed by atoms with van der Waals surface area (Å²) >= 11 is 0. The molecule has 1 aliphatic heterocycles. The highest BCUT2D eigenvalue weighted by molar-refractivity contribution is 4.77. The molecular formula is C14H30N2O. The summed E-state index contributed by atoms with van der Waals surface area (Å²) in [5.74, 6) is 0.788. The van der Waals surface area contributed by atoms with Crippen molar-refractivity contribution in [1.82, 2.24) is 10.2 Å². The summed E-state index contributed by atoms with van der Waals surface area (Å²) < 4.78 is 5.23. The molecule has 0 aromatic carbocycles. The molecule has 0 bridgehead atoms. The van der Waals surface area contributed by atoms with E-state index in [1.807, 2.05) is 7.11 Å². The molecule has 0 aromatic rings. The normalized spacial score (nSPS) is 19.8. The van der Waals surface area contributed by atoms with Crippen LogP contribution in [0, 0.1) is 5.92 Å². The van der Waals surface area contributed by atoms with Crippen LogP contribution in [0.5, 0.6) is 0 Å². The fourth-order valence-corrected chi connectivity index (χ4v) is 2.29. The van der Waals surface area contributed by atoms with Crippen molar-refractivity contribution in [2.75, 3.05) is 39.9 Å². The van der Waals surface area contributed by atoms with Gasteiger partial charge in [-0.3, -0.25) is 0 Å². The van der Waals surface area contributed by atoms with Crippen molar-refractivity contribution in [1.29, 1.82) is 0 Å². The summed E-state index contributed by atoms with van der Waals surface area (Å²) in [7, 11) is 1.81. The van der Waals surface area contributed by atoms with Gasteiger partial charge in [0.15, 0.2) is 0 Å². The molecule has 1 fully saturated rings. The third kappa shape index (κ3) is 5.84. The molecule has 0 radical (unpaired) electrons. The van der Waals surface area contributed by atoms with Crippen molar-refractivity contribution >= 4 is 0 Å². The van der Waals surface area contributed by atoms with Crippen LogP contribution in [-0.4, -0.2) is 50.3 Å². The summed E-state index contributed by atoms with van der Waals surface area (Å²) in [4.78, 5) is 2.57. The third-order valence-corrected chi connectivity index (χ3v) is 4.02. The lowest BCUT2D eigenvalue weighted by Gasteiger charge is -2.33. The second kappa shape index (κ2) is 7.34. The molecule has 1 aliphatic rings. The molecule has 1 rings (SSSR count). The summed E-state index contributed by atoms with van der Waals surface area (Å²) in [6.07, 6.45) is 3.78. The van der Waals surface area contributed by atoms with Crippen LogP contribution in [0.4, 0.5) is 0 Å². The largest absolute Gasteiger partial charge is 0.384 e. The molecule has 102 valence electrons. The summed E-state index contributed by atoms with van der Waals surface area (Å²) in [5, 5.41) is 3.63. The van der Waals surface area contributed by atoms with Gasteiger partial charge in [-0.15, -0.1) is 0 Å². The lowest BCUT2D eigenvalue weighted by atomic mass is 9.98. The molecular weight excluding hydrogens is 212 g/mol. The van der Waals surface area contributed by atoms with E-state index in [-0.39, 0.29) is 5.54 Å². The Kier molecular flexibility index (Phi) is 6.45.